The molecule has 176 valence electrons. The Balaban J connectivity index is 1.35. The molecule has 2 saturated heterocycles. The summed E-state index contributed by atoms with van der Waals surface area (Å²) in [6.45, 7) is 5.93. The number of nitrogens with zero attached hydrogens (tertiary/aromatic N) is 1. The van der Waals surface area contributed by atoms with Gasteiger partial charge in [-0.05, 0) is 74.7 Å². The van der Waals surface area contributed by atoms with Gasteiger partial charge in [0.25, 0.3) is 0 Å². The molecule has 3 aliphatic rings. The van der Waals surface area contributed by atoms with Crippen molar-refractivity contribution in [3.05, 3.63) is 53.6 Å². The molecule has 4 atom stereocenters. The van der Waals surface area contributed by atoms with Crippen molar-refractivity contribution in [1.29, 1.82) is 0 Å². The minimum Gasteiger partial charge on any atom is -0.455 e. The Hall–Kier alpha value is -2.72. The fourth-order valence-corrected chi connectivity index (χ4v) is 4.45. The molecular formula is C23H24F3N3O3S. The number of rotatable bonds is 3. The second-order valence-corrected chi connectivity index (χ2v) is 9.02. The number of carbonyl (C=O) groups excluding carboxylic acids is 1. The monoisotopic (exact) mass is 479 g/mol. The number of alkyl halides is 3. The van der Waals surface area contributed by atoms with Crippen LogP contribution < -0.4 is 10.7 Å². The summed E-state index contributed by atoms with van der Waals surface area (Å²) < 4.78 is 49.4. The van der Waals surface area contributed by atoms with Crippen LogP contribution in [-0.4, -0.2) is 35.1 Å². The zero-order valence-electron chi connectivity index (χ0n) is 17.9. The van der Waals surface area contributed by atoms with Gasteiger partial charge in [0.1, 0.15) is 12.2 Å². The number of halogens is 3. The van der Waals surface area contributed by atoms with Crippen LogP contribution in [0.4, 0.5) is 18.9 Å². The molecule has 0 bridgehead atoms. The van der Waals surface area contributed by atoms with Gasteiger partial charge in [0.2, 0.25) is 0 Å². The average molecular weight is 480 g/mol. The normalized spacial score (nSPS) is 31.2. The molecule has 33 heavy (non-hydrogen) atoms. The number of hydrazone groups is 1. The number of nitrogens with one attached hydrogen (secondary N) is 2. The third-order valence-corrected chi connectivity index (χ3v) is 6.44. The van der Waals surface area contributed by atoms with Gasteiger partial charge in [0.15, 0.2) is 5.11 Å². The maximum atomic E-state index is 12.7. The largest absolute Gasteiger partial charge is 0.455 e. The topological polar surface area (TPSA) is 75.2 Å². The van der Waals surface area contributed by atoms with Crippen LogP contribution in [0.2, 0.25) is 0 Å². The number of allylic oxidation sites excluding steroid dienone is 2. The van der Waals surface area contributed by atoms with Gasteiger partial charge in [-0.1, -0.05) is 12.7 Å². The van der Waals surface area contributed by atoms with Gasteiger partial charge in [0.05, 0.1) is 17.4 Å². The molecule has 0 aromatic heterocycles. The van der Waals surface area contributed by atoms with Gasteiger partial charge in [-0.3, -0.25) is 5.43 Å². The third-order valence-electron chi connectivity index (χ3n) is 6.25. The lowest BCUT2D eigenvalue weighted by Gasteiger charge is -2.19. The van der Waals surface area contributed by atoms with E-state index >= 15 is 0 Å². The van der Waals surface area contributed by atoms with Crippen LogP contribution in [0.25, 0.3) is 0 Å². The van der Waals surface area contributed by atoms with Crippen LogP contribution in [0.3, 0.4) is 0 Å². The summed E-state index contributed by atoms with van der Waals surface area (Å²) in [6, 6.07) is 4.55. The quantitative estimate of drug-likeness (QED) is 0.163. The number of fused-ring (bicyclic) bond motifs is 3. The molecule has 2 heterocycles. The number of hydrogen-bond donors (Lipinski definition) is 2. The van der Waals surface area contributed by atoms with Gasteiger partial charge >= 0.3 is 12.1 Å². The standard InChI is InChI=1S/C23H24F3N3O3S/c1-13-17-10-5-14(4-3-11-22(2)19(32-22)18(17)31-20(13)30)12-27-29-21(33)28-16-8-6-15(7-9-16)23(24,25)26/h4,6-9,12,17-19H,1,3,5,10-11H2,2H3,(H2,28,29,33)/b14-4+,27-12+/t17-,18-,19-,22+/m0/s1. The summed E-state index contributed by atoms with van der Waals surface area (Å²) in [7, 11) is 0. The lowest BCUT2D eigenvalue weighted by molar-refractivity contribution is -0.140. The molecule has 0 unspecified atom stereocenters. The highest BCUT2D eigenvalue weighted by atomic mass is 32.1. The molecule has 2 fully saturated rings. The van der Waals surface area contributed by atoms with E-state index in [4.69, 9.17) is 21.7 Å². The van der Waals surface area contributed by atoms with Gasteiger partial charge in [-0.15, -0.1) is 0 Å². The van der Waals surface area contributed by atoms with Crippen molar-refractivity contribution in [3.63, 3.8) is 0 Å². The number of hydrogen-bond acceptors (Lipinski definition) is 5. The van der Waals surface area contributed by atoms with Gasteiger partial charge in [-0.25, -0.2) is 4.79 Å². The van der Waals surface area contributed by atoms with E-state index in [1.807, 2.05) is 6.92 Å². The van der Waals surface area contributed by atoms with Crippen LogP contribution in [-0.2, 0) is 20.4 Å². The number of esters is 1. The summed E-state index contributed by atoms with van der Waals surface area (Å²) in [6.07, 6.45) is 1.89. The summed E-state index contributed by atoms with van der Waals surface area (Å²) >= 11 is 5.16. The Morgan fingerprint density at radius 2 is 2.06 bits per heavy atom. The minimum absolute atomic E-state index is 0.0929. The summed E-state index contributed by atoms with van der Waals surface area (Å²) in [5.74, 6) is -0.461. The Morgan fingerprint density at radius 1 is 1.33 bits per heavy atom. The summed E-state index contributed by atoms with van der Waals surface area (Å²) in [5.41, 5.74) is 3.50. The van der Waals surface area contributed by atoms with E-state index in [2.05, 4.69) is 28.5 Å². The van der Waals surface area contributed by atoms with Gasteiger partial charge in [0, 0.05) is 17.2 Å². The van der Waals surface area contributed by atoms with Crippen molar-refractivity contribution in [2.45, 2.75) is 56.6 Å². The van der Waals surface area contributed by atoms with E-state index in [-0.39, 0.29) is 34.8 Å². The van der Waals surface area contributed by atoms with Gasteiger partial charge in [-0.2, -0.15) is 18.3 Å². The van der Waals surface area contributed by atoms with E-state index in [1.54, 1.807) is 6.21 Å². The molecular weight excluding hydrogens is 455 g/mol. The molecule has 1 aromatic carbocycles. The van der Waals surface area contributed by atoms with Crippen molar-refractivity contribution in [2.24, 2.45) is 11.0 Å². The van der Waals surface area contributed by atoms with Crippen molar-refractivity contribution in [3.8, 4) is 0 Å². The van der Waals surface area contributed by atoms with Crippen molar-refractivity contribution >= 4 is 35.2 Å². The van der Waals surface area contributed by atoms with Crippen LogP contribution in [0.5, 0.6) is 0 Å². The molecule has 1 aliphatic carbocycles. The highest BCUT2D eigenvalue weighted by Crippen LogP contribution is 2.49. The number of epoxide rings is 1. The Morgan fingerprint density at radius 3 is 2.76 bits per heavy atom. The minimum atomic E-state index is -4.39. The van der Waals surface area contributed by atoms with Crippen LogP contribution in [0.15, 0.2) is 53.2 Å². The smallest absolute Gasteiger partial charge is 0.416 e. The van der Waals surface area contributed by atoms with Crippen LogP contribution in [0, 0.1) is 5.92 Å². The summed E-state index contributed by atoms with van der Waals surface area (Å²) in [4.78, 5) is 12.0. The van der Waals surface area contributed by atoms with E-state index in [0.29, 0.717) is 24.1 Å². The van der Waals surface area contributed by atoms with Crippen molar-refractivity contribution in [2.75, 3.05) is 5.32 Å². The van der Waals surface area contributed by atoms with E-state index < -0.39 is 11.7 Å². The second kappa shape index (κ2) is 8.90. The highest BCUT2D eigenvalue weighted by Gasteiger charge is 2.61. The van der Waals surface area contributed by atoms with Crippen LogP contribution in [0.1, 0.15) is 38.2 Å². The molecule has 2 aliphatic heterocycles. The van der Waals surface area contributed by atoms with Crippen molar-refractivity contribution in [1.82, 2.24) is 5.43 Å². The molecule has 0 saturated carbocycles. The molecule has 4 rings (SSSR count). The van der Waals surface area contributed by atoms with E-state index in [1.165, 1.54) is 12.1 Å². The van der Waals surface area contributed by atoms with Crippen molar-refractivity contribution < 1.29 is 27.4 Å². The zero-order valence-corrected chi connectivity index (χ0v) is 18.8. The third kappa shape index (κ3) is 5.27. The molecule has 1 aromatic rings. The first-order valence-corrected chi connectivity index (χ1v) is 11.0. The SMILES string of the molecule is C=C1C(=O)O[C@H]2[C@H]1CCC(/C=N/NC(=S)Nc1ccc(C(F)(F)F)cc1)=C\CC[C@@]1(C)O[C@@H]21. The number of anilines is 1. The molecule has 0 radical (unpaired) electrons. The first-order valence-electron chi connectivity index (χ1n) is 10.6. The summed E-state index contributed by atoms with van der Waals surface area (Å²) in [5, 5.41) is 7.10. The Kier molecular flexibility index (Phi) is 6.32. The zero-order chi connectivity index (χ0) is 23.8. The lowest BCUT2D eigenvalue weighted by atomic mass is 9.84. The number of benzene rings is 1. The predicted molar refractivity (Wildman–Crippen MR) is 122 cm³/mol. The number of ether oxygens (including phenoxy) is 2. The van der Waals surface area contributed by atoms with Gasteiger partial charge < -0.3 is 14.8 Å². The molecule has 2 N–H and O–H groups in total. The maximum Gasteiger partial charge on any atom is 0.416 e. The van der Waals surface area contributed by atoms with Crippen LogP contribution >= 0.6 is 12.2 Å². The molecule has 0 amide bonds. The Labute approximate surface area is 194 Å². The second-order valence-electron chi connectivity index (χ2n) is 8.61. The first-order chi connectivity index (χ1) is 15.6. The molecule has 0 spiro atoms. The van der Waals surface area contributed by atoms with E-state index in [9.17, 15) is 18.0 Å². The maximum absolute atomic E-state index is 12.7. The number of thiocarbonyl (C=S) groups is 1. The fourth-order valence-electron chi connectivity index (χ4n) is 4.28. The molecule has 6 nitrogen and oxygen atoms in total. The number of carbonyl (C=O) groups is 1. The predicted octanol–water partition coefficient (Wildman–Crippen LogP) is 4.73. The van der Waals surface area contributed by atoms with E-state index in [0.717, 1.165) is 30.5 Å². The molecule has 10 heteroatoms. The average Bonchev–Trinajstić information content (AvgIpc) is 3.33. The lowest BCUT2D eigenvalue weighted by Crippen LogP contribution is -2.29. The first kappa shape index (κ1) is 23.4. The Bertz CT molecular complexity index is 1020. The highest BCUT2D eigenvalue weighted by molar-refractivity contribution is 7.80. The fraction of sp³-hybridized carbons (Fsp3) is 0.435.